The van der Waals surface area contributed by atoms with Gasteiger partial charge in [-0.2, -0.15) is 0 Å². The Labute approximate surface area is 115 Å². The fourth-order valence-corrected chi connectivity index (χ4v) is 2.61. The molecule has 94 valence electrons. The fourth-order valence-electron chi connectivity index (χ4n) is 1.79. The van der Waals surface area contributed by atoms with Gasteiger partial charge in [-0.25, -0.2) is 9.97 Å². The van der Waals surface area contributed by atoms with Crippen molar-refractivity contribution in [1.29, 1.82) is 0 Å². The van der Waals surface area contributed by atoms with Gasteiger partial charge in [-0.1, -0.05) is 6.07 Å². The van der Waals surface area contributed by atoms with Crippen LogP contribution < -0.4 is 5.73 Å². The lowest BCUT2D eigenvalue weighted by Crippen LogP contribution is -1.91. The molecule has 0 radical (unpaired) electrons. The maximum atomic E-state index is 5.94. The lowest BCUT2D eigenvalue weighted by molar-refractivity contribution is 0.950. The van der Waals surface area contributed by atoms with Crippen molar-refractivity contribution in [2.75, 3.05) is 5.73 Å². The van der Waals surface area contributed by atoms with Gasteiger partial charge in [0, 0.05) is 28.9 Å². The van der Waals surface area contributed by atoms with Crippen molar-refractivity contribution in [3.63, 3.8) is 0 Å². The number of nitrogens with zero attached hydrogens (tertiary/aromatic N) is 3. The molecule has 0 aliphatic heterocycles. The van der Waals surface area contributed by atoms with E-state index in [1.165, 1.54) is 11.8 Å². The fraction of sp³-hybridized carbons (Fsp3) is 0.0714. The highest BCUT2D eigenvalue weighted by Gasteiger charge is 2.07. The molecule has 1 aromatic carbocycles. The summed E-state index contributed by atoms with van der Waals surface area (Å²) in [5.74, 6) is 0. The maximum absolute atomic E-state index is 5.94. The van der Waals surface area contributed by atoms with Crippen LogP contribution in [-0.4, -0.2) is 15.0 Å². The summed E-state index contributed by atoms with van der Waals surface area (Å²) in [6, 6.07) is 7.76. The number of hydrogen-bond acceptors (Lipinski definition) is 5. The Morgan fingerprint density at radius 2 is 1.84 bits per heavy atom. The van der Waals surface area contributed by atoms with Crippen molar-refractivity contribution < 1.29 is 0 Å². The molecule has 0 saturated heterocycles. The van der Waals surface area contributed by atoms with Gasteiger partial charge in [0.1, 0.15) is 0 Å². The highest BCUT2D eigenvalue weighted by Crippen LogP contribution is 2.33. The number of hydrogen-bond donors (Lipinski definition) is 1. The average Bonchev–Trinajstić information content (AvgIpc) is 2.45. The van der Waals surface area contributed by atoms with Gasteiger partial charge in [-0.15, -0.1) is 0 Å². The normalized spacial score (nSPS) is 10.8. The number of rotatable bonds is 2. The lowest BCUT2D eigenvalue weighted by atomic mass is 10.2. The molecule has 3 rings (SSSR count). The zero-order valence-electron chi connectivity index (χ0n) is 10.4. The van der Waals surface area contributed by atoms with Crippen molar-refractivity contribution in [3.8, 4) is 0 Å². The van der Waals surface area contributed by atoms with Crippen molar-refractivity contribution >= 4 is 28.4 Å². The molecule has 3 aromatic rings. The Hall–Kier alpha value is -2.14. The van der Waals surface area contributed by atoms with Gasteiger partial charge in [-0.3, -0.25) is 4.98 Å². The molecule has 2 heterocycles. The Kier molecular flexibility index (Phi) is 3.05. The van der Waals surface area contributed by atoms with Crippen molar-refractivity contribution in [3.05, 3.63) is 48.4 Å². The van der Waals surface area contributed by atoms with E-state index in [1.807, 2.05) is 43.6 Å². The van der Waals surface area contributed by atoms with E-state index >= 15 is 0 Å². The quantitative estimate of drug-likeness (QED) is 0.571. The number of nitrogens with two attached hydrogens (primary N) is 1. The number of nitrogen functional groups attached to an aromatic ring is 1. The molecule has 4 nitrogen and oxygen atoms in total. The molecule has 0 bridgehead atoms. The van der Waals surface area contributed by atoms with Crippen LogP contribution in [0.4, 0.5) is 5.69 Å². The highest BCUT2D eigenvalue weighted by atomic mass is 32.2. The number of pyridine rings is 1. The SMILES string of the molecule is Cc1cnc(Sc2ccc(N)c3ncccc23)nc1. The summed E-state index contributed by atoms with van der Waals surface area (Å²) in [5, 5.41) is 1.75. The van der Waals surface area contributed by atoms with E-state index in [9.17, 15) is 0 Å². The van der Waals surface area contributed by atoms with E-state index in [0.29, 0.717) is 5.69 Å². The first-order valence-corrected chi connectivity index (χ1v) is 6.65. The van der Waals surface area contributed by atoms with Gasteiger partial charge in [0.25, 0.3) is 0 Å². The summed E-state index contributed by atoms with van der Waals surface area (Å²) in [6.45, 7) is 1.97. The van der Waals surface area contributed by atoms with Crippen LogP contribution in [0.2, 0.25) is 0 Å². The molecule has 0 aliphatic carbocycles. The van der Waals surface area contributed by atoms with Crippen molar-refractivity contribution in [1.82, 2.24) is 15.0 Å². The minimum absolute atomic E-state index is 0.685. The van der Waals surface area contributed by atoms with Gasteiger partial charge in [0.2, 0.25) is 0 Å². The van der Waals surface area contributed by atoms with E-state index in [1.54, 1.807) is 6.20 Å². The second-order valence-electron chi connectivity index (χ2n) is 4.20. The van der Waals surface area contributed by atoms with Crippen LogP contribution in [-0.2, 0) is 0 Å². The Balaban J connectivity index is 2.06. The third-order valence-corrected chi connectivity index (χ3v) is 3.69. The minimum atomic E-state index is 0.685. The van der Waals surface area contributed by atoms with Crippen LogP contribution >= 0.6 is 11.8 Å². The van der Waals surface area contributed by atoms with E-state index in [0.717, 1.165) is 26.5 Å². The van der Waals surface area contributed by atoms with Crippen LogP contribution in [0.15, 0.2) is 52.9 Å². The smallest absolute Gasteiger partial charge is 0.192 e. The van der Waals surface area contributed by atoms with Crippen LogP contribution in [0, 0.1) is 6.92 Å². The zero-order valence-corrected chi connectivity index (χ0v) is 11.2. The van der Waals surface area contributed by atoms with Crippen molar-refractivity contribution in [2.45, 2.75) is 17.0 Å². The van der Waals surface area contributed by atoms with Crippen LogP contribution in [0.5, 0.6) is 0 Å². The molecular formula is C14H12N4S. The van der Waals surface area contributed by atoms with Gasteiger partial charge in [0.05, 0.1) is 11.2 Å². The Bertz CT molecular complexity index is 725. The highest BCUT2D eigenvalue weighted by molar-refractivity contribution is 7.99. The standard InChI is InChI=1S/C14H12N4S/c1-9-7-17-14(18-8-9)19-12-5-4-11(15)13-10(12)3-2-6-16-13/h2-8H,15H2,1H3. The van der Waals surface area contributed by atoms with Gasteiger partial charge >= 0.3 is 0 Å². The summed E-state index contributed by atoms with van der Waals surface area (Å²) in [4.78, 5) is 14.0. The summed E-state index contributed by atoms with van der Waals surface area (Å²) in [5.41, 5.74) is 8.49. The minimum Gasteiger partial charge on any atom is -0.397 e. The molecule has 5 heteroatoms. The Morgan fingerprint density at radius 1 is 1.05 bits per heavy atom. The maximum Gasteiger partial charge on any atom is 0.192 e. The largest absolute Gasteiger partial charge is 0.397 e. The molecule has 0 amide bonds. The van der Waals surface area contributed by atoms with Crippen LogP contribution in [0.25, 0.3) is 10.9 Å². The zero-order chi connectivity index (χ0) is 13.2. The van der Waals surface area contributed by atoms with Gasteiger partial charge in [0.15, 0.2) is 5.16 Å². The third-order valence-electron chi connectivity index (χ3n) is 2.72. The topological polar surface area (TPSA) is 64.7 Å². The van der Waals surface area contributed by atoms with Gasteiger partial charge < -0.3 is 5.73 Å². The molecule has 19 heavy (non-hydrogen) atoms. The predicted molar refractivity (Wildman–Crippen MR) is 77.0 cm³/mol. The Morgan fingerprint density at radius 3 is 2.63 bits per heavy atom. The molecular weight excluding hydrogens is 256 g/mol. The van der Waals surface area contributed by atoms with E-state index in [2.05, 4.69) is 15.0 Å². The summed E-state index contributed by atoms with van der Waals surface area (Å²) >= 11 is 1.52. The second kappa shape index (κ2) is 4.85. The second-order valence-corrected chi connectivity index (χ2v) is 5.21. The average molecular weight is 268 g/mol. The number of aryl methyl sites for hydroxylation is 1. The van der Waals surface area contributed by atoms with Crippen molar-refractivity contribution in [2.24, 2.45) is 0 Å². The first-order valence-electron chi connectivity index (χ1n) is 5.84. The number of benzene rings is 1. The molecule has 2 aromatic heterocycles. The van der Waals surface area contributed by atoms with E-state index < -0.39 is 0 Å². The number of aromatic nitrogens is 3. The van der Waals surface area contributed by atoms with Crippen LogP contribution in [0.3, 0.4) is 0 Å². The molecule has 0 spiro atoms. The molecule has 0 unspecified atom stereocenters. The molecule has 0 fully saturated rings. The first kappa shape index (κ1) is 11.9. The molecule has 0 saturated carbocycles. The lowest BCUT2D eigenvalue weighted by Gasteiger charge is -2.06. The third kappa shape index (κ3) is 2.37. The number of anilines is 1. The number of fused-ring (bicyclic) bond motifs is 1. The summed E-state index contributed by atoms with van der Waals surface area (Å²) < 4.78 is 0. The van der Waals surface area contributed by atoms with Gasteiger partial charge in [-0.05, 0) is 42.4 Å². The van der Waals surface area contributed by atoms with Crippen LogP contribution in [0.1, 0.15) is 5.56 Å². The summed E-state index contributed by atoms with van der Waals surface area (Å²) in [6.07, 6.45) is 5.37. The summed E-state index contributed by atoms with van der Waals surface area (Å²) in [7, 11) is 0. The molecule has 0 atom stereocenters. The predicted octanol–water partition coefficient (Wildman–Crippen LogP) is 3.07. The first-order chi connectivity index (χ1) is 9.24. The molecule has 2 N–H and O–H groups in total. The monoisotopic (exact) mass is 268 g/mol. The van der Waals surface area contributed by atoms with E-state index in [4.69, 9.17) is 5.73 Å². The van der Waals surface area contributed by atoms with E-state index in [-0.39, 0.29) is 0 Å². The molecule has 0 aliphatic rings.